The molecule has 0 amide bonds. The molecule has 0 aliphatic heterocycles. The van der Waals surface area contributed by atoms with Crippen molar-refractivity contribution in [2.75, 3.05) is 0 Å². The molecule has 0 radical (unpaired) electrons. The second-order valence-corrected chi connectivity index (χ2v) is 5.60. The minimum Gasteiger partial charge on any atom is -0.358 e. The fourth-order valence-corrected chi connectivity index (χ4v) is 2.41. The van der Waals surface area contributed by atoms with E-state index in [4.69, 9.17) is 0 Å². The van der Waals surface area contributed by atoms with Gasteiger partial charge in [-0.1, -0.05) is 5.21 Å². The van der Waals surface area contributed by atoms with E-state index >= 15 is 0 Å². The molecule has 0 aliphatic rings. The highest BCUT2D eigenvalue weighted by atomic mass is 19.4. The second-order valence-electron chi connectivity index (χ2n) is 5.60. The first-order valence-electron chi connectivity index (χ1n) is 7.26. The van der Waals surface area contributed by atoms with Crippen molar-refractivity contribution >= 4 is 5.82 Å². The van der Waals surface area contributed by atoms with Crippen molar-refractivity contribution in [3.63, 3.8) is 0 Å². The molecule has 2 heterocycles. The smallest absolute Gasteiger partial charge is 0.358 e. The molecule has 3 rings (SSSR count). The molecule has 0 unspecified atom stereocenters. The second kappa shape index (κ2) is 6.31. The number of aryl methyl sites for hydroxylation is 1. The highest BCUT2D eigenvalue weighted by Gasteiger charge is 2.37. The molecule has 0 saturated heterocycles. The summed E-state index contributed by atoms with van der Waals surface area (Å²) in [6, 6.07) is 0.961. The Morgan fingerprint density at radius 2 is 1.61 bits per heavy atom. The third-order valence-electron chi connectivity index (χ3n) is 3.65. The third kappa shape index (κ3) is 3.52. The SMILES string of the molecule is Cn1cnc([N+](=O)[O-])c1-n1cc(-c2cc(C(F)(F)F)cc(C(F)(F)F)c2)nn1. The summed E-state index contributed by atoms with van der Waals surface area (Å²) in [5.74, 6) is -0.786. The van der Waals surface area contributed by atoms with Gasteiger partial charge in [-0.2, -0.15) is 31.0 Å². The zero-order valence-electron chi connectivity index (χ0n) is 13.7. The van der Waals surface area contributed by atoms with Gasteiger partial charge in [0, 0.05) is 12.6 Å². The highest BCUT2D eigenvalue weighted by Crippen LogP contribution is 2.38. The number of benzene rings is 1. The summed E-state index contributed by atoms with van der Waals surface area (Å²) in [5.41, 5.74) is -3.87. The van der Waals surface area contributed by atoms with Crippen LogP contribution in [0.3, 0.4) is 0 Å². The minimum absolute atomic E-state index is 0.0140. The van der Waals surface area contributed by atoms with Gasteiger partial charge in [0.2, 0.25) is 12.1 Å². The third-order valence-corrected chi connectivity index (χ3v) is 3.65. The molecule has 0 spiro atoms. The number of nitro groups is 1. The normalized spacial score (nSPS) is 12.4. The summed E-state index contributed by atoms with van der Waals surface area (Å²) < 4.78 is 79.9. The van der Waals surface area contributed by atoms with Crippen molar-refractivity contribution in [2.24, 2.45) is 7.05 Å². The van der Waals surface area contributed by atoms with Gasteiger partial charge in [0.05, 0.1) is 17.3 Å². The maximum Gasteiger partial charge on any atom is 0.416 e. The Bertz CT molecular complexity index is 1020. The van der Waals surface area contributed by atoms with Crippen LogP contribution in [0.2, 0.25) is 0 Å². The maximum atomic E-state index is 13.0. The molecule has 28 heavy (non-hydrogen) atoms. The van der Waals surface area contributed by atoms with Crippen LogP contribution in [0.1, 0.15) is 11.1 Å². The van der Waals surface area contributed by atoms with E-state index in [1.54, 1.807) is 0 Å². The lowest BCUT2D eigenvalue weighted by Gasteiger charge is -2.13. The summed E-state index contributed by atoms with van der Waals surface area (Å²) in [7, 11) is 1.39. The average molecular weight is 406 g/mol. The topological polar surface area (TPSA) is 91.7 Å². The first kappa shape index (κ1) is 19.3. The summed E-state index contributed by atoms with van der Waals surface area (Å²) >= 11 is 0. The van der Waals surface area contributed by atoms with Crippen LogP contribution in [0.4, 0.5) is 32.2 Å². The van der Waals surface area contributed by atoms with Gasteiger partial charge in [-0.15, -0.1) is 5.10 Å². The van der Waals surface area contributed by atoms with Gasteiger partial charge in [0.15, 0.2) is 0 Å². The van der Waals surface area contributed by atoms with E-state index in [0.29, 0.717) is 12.1 Å². The average Bonchev–Trinajstić information content (AvgIpc) is 3.19. The van der Waals surface area contributed by atoms with Crippen LogP contribution in [0.25, 0.3) is 17.1 Å². The van der Waals surface area contributed by atoms with Crippen LogP contribution in [0, 0.1) is 10.1 Å². The Hall–Kier alpha value is -3.45. The number of nitrogens with zero attached hydrogens (tertiary/aromatic N) is 6. The van der Waals surface area contributed by atoms with Crippen molar-refractivity contribution in [1.29, 1.82) is 0 Å². The van der Waals surface area contributed by atoms with E-state index in [-0.39, 0.29) is 17.6 Å². The molecule has 1 aromatic carbocycles. The molecule has 0 fully saturated rings. The van der Waals surface area contributed by atoms with Gasteiger partial charge in [-0.25, -0.2) is 0 Å². The Labute approximate surface area is 151 Å². The van der Waals surface area contributed by atoms with E-state index < -0.39 is 39.8 Å². The number of alkyl halides is 6. The van der Waals surface area contributed by atoms with Crippen LogP contribution in [-0.2, 0) is 19.4 Å². The van der Waals surface area contributed by atoms with Crippen molar-refractivity contribution in [1.82, 2.24) is 24.5 Å². The molecule has 0 bridgehead atoms. The molecule has 8 nitrogen and oxygen atoms in total. The van der Waals surface area contributed by atoms with Crippen LogP contribution in [0.15, 0.2) is 30.7 Å². The predicted octanol–water partition coefficient (Wildman–Crippen LogP) is 3.61. The van der Waals surface area contributed by atoms with E-state index in [0.717, 1.165) is 17.2 Å². The number of halogens is 6. The van der Waals surface area contributed by atoms with E-state index in [1.165, 1.54) is 11.6 Å². The molecule has 0 aliphatic carbocycles. The van der Waals surface area contributed by atoms with Gasteiger partial charge in [0.25, 0.3) is 0 Å². The van der Waals surface area contributed by atoms with Crippen molar-refractivity contribution in [3.05, 3.63) is 52.0 Å². The Morgan fingerprint density at radius 3 is 2.11 bits per heavy atom. The lowest BCUT2D eigenvalue weighted by molar-refractivity contribution is -0.389. The maximum absolute atomic E-state index is 13.0. The summed E-state index contributed by atoms with van der Waals surface area (Å²) in [6.45, 7) is 0. The predicted molar refractivity (Wildman–Crippen MR) is 80.2 cm³/mol. The zero-order valence-corrected chi connectivity index (χ0v) is 13.7. The Morgan fingerprint density at radius 1 is 1.04 bits per heavy atom. The van der Waals surface area contributed by atoms with E-state index in [1.807, 2.05) is 0 Å². The van der Waals surface area contributed by atoms with Crippen molar-refractivity contribution < 1.29 is 31.3 Å². The molecule has 14 heteroatoms. The van der Waals surface area contributed by atoms with Crippen LogP contribution in [0.5, 0.6) is 0 Å². The van der Waals surface area contributed by atoms with Gasteiger partial charge < -0.3 is 10.1 Å². The zero-order chi connectivity index (χ0) is 20.9. The number of hydrogen-bond acceptors (Lipinski definition) is 5. The number of imidazole rings is 1. The lowest BCUT2D eigenvalue weighted by atomic mass is 10.0. The van der Waals surface area contributed by atoms with Crippen molar-refractivity contribution in [3.8, 4) is 17.1 Å². The first-order chi connectivity index (χ1) is 12.9. The van der Waals surface area contributed by atoms with Crippen LogP contribution in [-0.4, -0.2) is 29.5 Å². The van der Waals surface area contributed by atoms with Crippen molar-refractivity contribution in [2.45, 2.75) is 12.4 Å². The fraction of sp³-hybridized carbons (Fsp3) is 0.214. The summed E-state index contributed by atoms with van der Waals surface area (Å²) in [4.78, 5) is 13.7. The number of hydrogen-bond donors (Lipinski definition) is 0. The van der Waals surface area contributed by atoms with Gasteiger partial charge in [-0.3, -0.25) is 4.57 Å². The first-order valence-corrected chi connectivity index (χ1v) is 7.26. The molecule has 0 atom stereocenters. The lowest BCUT2D eigenvalue weighted by Crippen LogP contribution is -2.11. The fourth-order valence-electron chi connectivity index (χ4n) is 2.41. The summed E-state index contributed by atoms with van der Waals surface area (Å²) in [6.07, 6.45) is -7.97. The highest BCUT2D eigenvalue weighted by molar-refractivity contribution is 5.61. The monoisotopic (exact) mass is 406 g/mol. The van der Waals surface area contributed by atoms with E-state index in [2.05, 4.69) is 15.3 Å². The Kier molecular flexibility index (Phi) is 4.36. The summed E-state index contributed by atoms with van der Waals surface area (Å²) in [5, 5.41) is 18.1. The van der Waals surface area contributed by atoms with Gasteiger partial charge in [0.1, 0.15) is 5.69 Å². The van der Waals surface area contributed by atoms with Crippen LogP contribution < -0.4 is 0 Å². The largest absolute Gasteiger partial charge is 0.416 e. The standard InChI is InChI=1S/C14H8F6N6O2/c1-24-6-21-11(26(27)28)12(24)25-5-10(22-23-25)7-2-8(13(15,16)17)4-9(3-7)14(18,19)20/h2-6H,1H3. The molecule has 0 N–H and O–H groups in total. The van der Waals surface area contributed by atoms with Gasteiger partial charge in [-0.05, 0) is 28.1 Å². The molecule has 2 aromatic heterocycles. The molecule has 148 valence electrons. The molecular weight excluding hydrogens is 398 g/mol. The quantitative estimate of drug-likeness (QED) is 0.377. The molecule has 3 aromatic rings. The minimum atomic E-state index is -5.02. The molecular formula is C14H8F6N6O2. The number of aromatic nitrogens is 5. The van der Waals surface area contributed by atoms with Gasteiger partial charge >= 0.3 is 18.2 Å². The van der Waals surface area contributed by atoms with Crippen LogP contribution >= 0.6 is 0 Å². The Balaban J connectivity index is 2.14. The molecule has 0 saturated carbocycles. The number of rotatable bonds is 3. The van der Waals surface area contributed by atoms with E-state index in [9.17, 15) is 36.5 Å².